The molecule has 0 saturated carbocycles. The van der Waals surface area contributed by atoms with Gasteiger partial charge in [-0.05, 0) is 30.2 Å². The first-order valence-electron chi connectivity index (χ1n) is 5.76. The van der Waals surface area contributed by atoms with E-state index in [4.69, 9.17) is 4.42 Å². The standard InChI is InChI=1S/C12H15NO4S/c14-10(2-1-9-3-5-17-7-9)13-12(11(15)16)4-6-18-8-12/h3,5,7H,1-2,4,6,8H2,(H,13,14)(H,15,16). The molecule has 1 aromatic rings. The number of hydrogen-bond donors (Lipinski definition) is 2. The molecule has 18 heavy (non-hydrogen) atoms. The van der Waals surface area contributed by atoms with Crippen LogP contribution in [0.5, 0.6) is 0 Å². The van der Waals surface area contributed by atoms with Crippen LogP contribution >= 0.6 is 11.8 Å². The van der Waals surface area contributed by atoms with E-state index in [9.17, 15) is 14.7 Å². The van der Waals surface area contributed by atoms with Gasteiger partial charge in [0.25, 0.3) is 0 Å². The highest BCUT2D eigenvalue weighted by Gasteiger charge is 2.43. The van der Waals surface area contributed by atoms with Crippen molar-refractivity contribution in [2.75, 3.05) is 11.5 Å². The van der Waals surface area contributed by atoms with Gasteiger partial charge < -0.3 is 14.8 Å². The summed E-state index contributed by atoms with van der Waals surface area (Å²) in [6.45, 7) is 0. The van der Waals surface area contributed by atoms with E-state index >= 15 is 0 Å². The highest BCUT2D eigenvalue weighted by Crippen LogP contribution is 2.28. The SMILES string of the molecule is O=C(CCc1ccoc1)NC1(C(=O)O)CCSC1. The number of furan rings is 1. The Morgan fingerprint density at radius 2 is 2.39 bits per heavy atom. The van der Waals surface area contributed by atoms with Crippen LogP contribution in [0.3, 0.4) is 0 Å². The van der Waals surface area contributed by atoms with Gasteiger partial charge in [-0.25, -0.2) is 4.79 Å². The summed E-state index contributed by atoms with van der Waals surface area (Å²) in [6, 6.07) is 1.80. The van der Waals surface area contributed by atoms with Gasteiger partial charge in [0.15, 0.2) is 0 Å². The number of thioether (sulfide) groups is 1. The summed E-state index contributed by atoms with van der Waals surface area (Å²) in [5.41, 5.74) is -0.131. The maximum Gasteiger partial charge on any atom is 0.330 e. The van der Waals surface area contributed by atoms with Crippen LogP contribution in [0.2, 0.25) is 0 Å². The van der Waals surface area contributed by atoms with Crippen molar-refractivity contribution in [3.05, 3.63) is 24.2 Å². The Morgan fingerprint density at radius 3 is 2.94 bits per heavy atom. The van der Waals surface area contributed by atoms with E-state index in [0.29, 0.717) is 18.6 Å². The van der Waals surface area contributed by atoms with E-state index in [2.05, 4.69) is 5.32 Å². The molecule has 0 radical (unpaired) electrons. The first-order valence-corrected chi connectivity index (χ1v) is 6.91. The molecule has 1 unspecified atom stereocenters. The summed E-state index contributed by atoms with van der Waals surface area (Å²) in [5.74, 6) is 0.0546. The number of hydrogen-bond acceptors (Lipinski definition) is 4. The minimum absolute atomic E-state index is 0.221. The fourth-order valence-corrected chi connectivity index (χ4v) is 3.23. The number of amides is 1. The van der Waals surface area contributed by atoms with Crippen LogP contribution in [0.25, 0.3) is 0 Å². The van der Waals surface area contributed by atoms with Gasteiger partial charge in [-0.1, -0.05) is 0 Å². The van der Waals surface area contributed by atoms with Crippen molar-refractivity contribution in [1.82, 2.24) is 5.32 Å². The van der Waals surface area contributed by atoms with E-state index in [1.54, 1.807) is 30.4 Å². The second-order valence-corrected chi connectivity index (χ2v) is 5.47. The molecule has 1 aliphatic heterocycles. The van der Waals surface area contributed by atoms with Gasteiger partial charge in [0, 0.05) is 12.2 Å². The van der Waals surface area contributed by atoms with Gasteiger partial charge >= 0.3 is 5.97 Å². The topological polar surface area (TPSA) is 79.5 Å². The van der Waals surface area contributed by atoms with Crippen molar-refractivity contribution < 1.29 is 19.1 Å². The maximum atomic E-state index is 11.8. The lowest BCUT2D eigenvalue weighted by Crippen LogP contribution is -2.54. The van der Waals surface area contributed by atoms with Crippen LogP contribution in [0, 0.1) is 0 Å². The van der Waals surface area contributed by atoms with E-state index in [-0.39, 0.29) is 12.3 Å². The third kappa shape index (κ3) is 2.87. The minimum atomic E-state index is -1.07. The summed E-state index contributed by atoms with van der Waals surface area (Å²) < 4.78 is 4.91. The number of aliphatic carboxylic acids is 1. The number of nitrogens with one attached hydrogen (secondary N) is 1. The summed E-state index contributed by atoms with van der Waals surface area (Å²) in [4.78, 5) is 23.0. The fourth-order valence-electron chi connectivity index (χ4n) is 1.91. The average molecular weight is 269 g/mol. The lowest BCUT2D eigenvalue weighted by molar-refractivity contribution is -0.146. The lowest BCUT2D eigenvalue weighted by atomic mass is 9.98. The third-order valence-corrected chi connectivity index (χ3v) is 4.22. The fraction of sp³-hybridized carbons (Fsp3) is 0.500. The molecule has 6 heteroatoms. The van der Waals surface area contributed by atoms with Crippen molar-refractivity contribution >= 4 is 23.6 Å². The predicted octanol–water partition coefficient (Wildman–Crippen LogP) is 1.29. The van der Waals surface area contributed by atoms with Gasteiger partial charge in [-0.2, -0.15) is 11.8 Å². The zero-order valence-corrected chi connectivity index (χ0v) is 10.7. The Balaban J connectivity index is 1.88. The summed E-state index contributed by atoms with van der Waals surface area (Å²) >= 11 is 1.56. The summed E-state index contributed by atoms with van der Waals surface area (Å²) in [5, 5.41) is 11.9. The Labute approximate surface area is 109 Å². The largest absolute Gasteiger partial charge is 0.479 e. The molecule has 2 rings (SSSR count). The van der Waals surface area contributed by atoms with E-state index in [1.807, 2.05) is 0 Å². The first-order chi connectivity index (χ1) is 8.62. The first kappa shape index (κ1) is 13.0. The van der Waals surface area contributed by atoms with Crippen molar-refractivity contribution in [1.29, 1.82) is 0 Å². The van der Waals surface area contributed by atoms with Crippen molar-refractivity contribution in [3.63, 3.8) is 0 Å². The average Bonchev–Trinajstić information content (AvgIpc) is 2.97. The number of carboxylic acid groups (broad SMARTS) is 1. The molecule has 1 atom stereocenters. The van der Waals surface area contributed by atoms with Crippen molar-refractivity contribution in [2.45, 2.75) is 24.8 Å². The van der Waals surface area contributed by atoms with E-state index in [1.165, 1.54) is 0 Å². The molecule has 2 N–H and O–H groups in total. The number of carboxylic acids is 1. The minimum Gasteiger partial charge on any atom is -0.479 e. The molecule has 0 spiro atoms. The molecule has 1 fully saturated rings. The summed E-state index contributed by atoms with van der Waals surface area (Å²) in [7, 11) is 0. The van der Waals surface area contributed by atoms with Crippen LogP contribution in [-0.4, -0.2) is 34.0 Å². The second kappa shape index (κ2) is 5.48. The Hall–Kier alpha value is -1.43. The smallest absolute Gasteiger partial charge is 0.330 e. The van der Waals surface area contributed by atoms with Crippen LogP contribution < -0.4 is 5.32 Å². The molecular weight excluding hydrogens is 254 g/mol. The Morgan fingerprint density at radius 1 is 1.56 bits per heavy atom. The zero-order valence-electron chi connectivity index (χ0n) is 9.85. The van der Waals surface area contributed by atoms with Crippen LogP contribution in [0.15, 0.2) is 23.0 Å². The number of aryl methyl sites for hydroxylation is 1. The molecule has 98 valence electrons. The Bertz CT molecular complexity index is 423. The number of rotatable bonds is 5. The summed E-state index contributed by atoms with van der Waals surface area (Å²) in [6.07, 6.45) is 4.47. The molecule has 0 aromatic carbocycles. The molecular formula is C12H15NO4S. The van der Waals surface area contributed by atoms with Gasteiger partial charge in [0.05, 0.1) is 12.5 Å². The highest BCUT2D eigenvalue weighted by molar-refractivity contribution is 7.99. The molecule has 0 bridgehead atoms. The van der Waals surface area contributed by atoms with E-state index < -0.39 is 11.5 Å². The normalized spacial score (nSPS) is 22.9. The van der Waals surface area contributed by atoms with E-state index in [0.717, 1.165) is 11.3 Å². The van der Waals surface area contributed by atoms with Crippen LogP contribution in [-0.2, 0) is 16.0 Å². The predicted molar refractivity (Wildman–Crippen MR) is 67.5 cm³/mol. The van der Waals surface area contributed by atoms with Crippen molar-refractivity contribution in [2.24, 2.45) is 0 Å². The van der Waals surface area contributed by atoms with Crippen LogP contribution in [0.4, 0.5) is 0 Å². The molecule has 0 aliphatic carbocycles. The van der Waals surface area contributed by atoms with Crippen LogP contribution in [0.1, 0.15) is 18.4 Å². The van der Waals surface area contributed by atoms with Gasteiger partial charge in [-0.15, -0.1) is 0 Å². The Kier molecular flexibility index (Phi) is 3.96. The number of carbonyl (C=O) groups excluding carboxylic acids is 1. The lowest BCUT2D eigenvalue weighted by Gasteiger charge is -2.24. The van der Waals surface area contributed by atoms with Crippen molar-refractivity contribution in [3.8, 4) is 0 Å². The third-order valence-electron chi connectivity index (χ3n) is 3.03. The molecule has 1 aliphatic rings. The molecule has 1 saturated heterocycles. The second-order valence-electron chi connectivity index (χ2n) is 4.37. The maximum absolute atomic E-state index is 11.8. The van der Waals surface area contributed by atoms with Gasteiger partial charge in [0.2, 0.25) is 5.91 Å². The molecule has 1 amide bonds. The van der Waals surface area contributed by atoms with Gasteiger partial charge in [0.1, 0.15) is 5.54 Å². The quantitative estimate of drug-likeness (QED) is 0.842. The van der Waals surface area contributed by atoms with Gasteiger partial charge in [-0.3, -0.25) is 4.79 Å². The zero-order chi connectivity index (χ0) is 13.0. The molecule has 1 aromatic heterocycles. The molecule has 2 heterocycles. The number of carbonyl (C=O) groups is 2. The molecule has 5 nitrogen and oxygen atoms in total. The monoisotopic (exact) mass is 269 g/mol. The highest BCUT2D eigenvalue weighted by atomic mass is 32.2.